The van der Waals surface area contributed by atoms with Crippen LogP contribution in [0.5, 0.6) is 0 Å². The molecule has 0 aromatic carbocycles. The zero-order chi connectivity index (χ0) is 25.7. The summed E-state index contributed by atoms with van der Waals surface area (Å²) in [7, 11) is 0. The van der Waals surface area contributed by atoms with E-state index in [2.05, 4.69) is 30.7 Å². The smallest absolute Gasteiger partial charge is 0.347 e. The molecule has 0 fully saturated rings. The Labute approximate surface area is 206 Å². The summed E-state index contributed by atoms with van der Waals surface area (Å²) < 4.78 is 31.4. The van der Waals surface area contributed by atoms with E-state index >= 15 is 0 Å². The highest BCUT2D eigenvalue weighted by Crippen LogP contribution is 2.25. The SMILES string of the molecule is O=C(Cn1c(Cl)cnc(NCC(F)(F)c2cccc[n+]2[O-])c1=O)NCc1ncccc1-n1cncn1. The number of pyridine rings is 2. The predicted molar refractivity (Wildman–Crippen MR) is 122 cm³/mol. The van der Waals surface area contributed by atoms with Crippen LogP contribution >= 0.6 is 11.6 Å². The van der Waals surface area contributed by atoms with Gasteiger partial charge in [-0.2, -0.15) is 18.6 Å². The van der Waals surface area contributed by atoms with E-state index in [9.17, 15) is 23.6 Å². The summed E-state index contributed by atoms with van der Waals surface area (Å²) in [6.07, 6.45) is 6.37. The minimum atomic E-state index is -3.61. The summed E-state index contributed by atoms with van der Waals surface area (Å²) in [6, 6.07) is 7.02. The molecule has 4 aromatic heterocycles. The van der Waals surface area contributed by atoms with Gasteiger partial charge in [-0.05, 0) is 18.2 Å². The number of halogens is 3. The van der Waals surface area contributed by atoms with Crippen LogP contribution in [0.2, 0.25) is 5.15 Å². The van der Waals surface area contributed by atoms with Gasteiger partial charge in [-0.25, -0.2) is 14.6 Å². The summed E-state index contributed by atoms with van der Waals surface area (Å²) >= 11 is 6.03. The molecule has 4 rings (SSSR count). The molecule has 0 atom stereocenters. The van der Waals surface area contributed by atoms with Crippen LogP contribution in [0.4, 0.5) is 14.6 Å². The van der Waals surface area contributed by atoms with E-state index < -0.39 is 42.0 Å². The molecule has 2 N–H and O–H groups in total. The first-order valence-electron chi connectivity index (χ1n) is 10.4. The third kappa shape index (κ3) is 5.43. The average molecular weight is 518 g/mol. The van der Waals surface area contributed by atoms with Crippen LogP contribution in [0.25, 0.3) is 5.69 Å². The second-order valence-corrected chi connectivity index (χ2v) is 7.76. The Morgan fingerprint density at radius 3 is 2.81 bits per heavy atom. The van der Waals surface area contributed by atoms with Crippen molar-refractivity contribution in [3.05, 3.63) is 93.7 Å². The quantitative estimate of drug-likeness (QED) is 0.247. The highest BCUT2D eigenvalue weighted by molar-refractivity contribution is 6.29. The molecule has 0 saturated carbocycles. The summed E-state index contributed by atoms with van der Waals surface area (Å²) in [4.78, 5) is 37.2. The lowest BCUT2D eigenvalue weighted by Gasteiger charge is -2.17. The maximum atomic E-state index is 14.5. The fraction of sp³-hybridized carbons (Fsp3) is 0.190. The highest BCUT2D eigenvalue weighted by atomic mass is 35.5. The lowest BCUT2D eigenvalue weighted by atomic mass is 10.2. The van der Waals surface area contributed by atoms with Crippen molar-refractivity contribution < 1.29 is 18.3 Å². The van der Waals surface area contributed by atoms with Crippen molar-refractivity contribution >= 4 is 23.3 Å². The van der Waals surface area contributed by atoms with Gasteiger partial charge in [0.2, 0.25) is 5.91 Å². The maximum Gasteiger partial charge on any atom is 0.347 e. The molecule has 0 bridgehead atoms. The number of anilines is 1. The van der Waals surface area contributed by atoms with Crippen LogP contribution in [-0.2, 0) is 23.8 Å². The molecule has 12 nitrogen and oxygen atoms in total. The number of carbonyl (C=O) groups excluding carboxylic acids is 1. The molecule has 15 heteroatoms. The number of amides is 1. The van der Waals surface area contributed by atoms with Crippen molar-refractivity contribution in [1.82, 2.24) is 34.6 Å². The third-order valence-corrected chi connectivity index (χ3v) is 5.27. The van der Waals surface area contributed by atoms with Crippen LogP contribution in [0.15, 0.2) is 66.4 Å². The van der Waals surface area contributed by atoms with Crippen LogP contribution < -0.4 is 20.9 Å². The van der Waals surface area contributed by atoms with Crippen LogP contribution in [-0.4, -0.2) is 41.8 Å². The van der Waals surface area contributed by atoms with Crippen LogP contribution in [0.3, 0.4) is 0 Å². The van der Waals surface area contributed by atoms with Gasteiger partial charge in [-0.3, -0.25) is 19.1 Å². The Morgan fingerprint density at radius 1 is 1.22 bits per heavy atom. The van der Waals surface area contributed by atoms with Crippen molar-refractivity contribution in [1.29, 1.82) is 0 Å². The molecule has 0 aliphatic heterocycles. The fourth-order valence-electron chi connectivity index (χ4n) is 3.22. The molecular weight excluding hydrogens is 500 g/mol. The Bertz CT molecular complexity index is 1430. The average Bonchev–Trinajstić information content (AvgIpc) is 3.40. The Balaban J connectivity index is 1.44. The van der Waals surface area contributed by atoms with Crippen molar-refractivity contribution in [3.8, 4) is 5.69 Å². The highest BCUT2D eigenvalue weighted by Gasteiger charge is 2.39. The van der Waals surface area contributed by atoms with E-state index in [1.807, 2.05) is 0 Å². The van der Waals surface area contributed by atoms with Crippen LogP contribution in [0, 0.1) is 5.21 Å². The normalized spacial score (nSPS) is 11.3. The zero-order valence-electron chi connectivity index (χ0n) is 18.4. The van der Waals surface area contributed by atoms with Gasteiger partial charge in [-0.1, -0.05) is 11.6 Å². The number of rotatable bonds is 9. The number of alkyl halides is 2. The minimum Gasteiger partial charge on any atom is -0.618 e. The van der Waals surface area contributed by atoms with E-state index in [-0.39, 0.29) is 16.4 Å². The number of carbonyl (C=O) groups is 1. The third-order valence-electron chi connectivity index (χ3n) is 4.97. The molecule has 1 amide bonds. The number of aromatic nitrogens is 7. The lowest BCUT2D eigenvalue weighted by molar-refractivity contribution is -0.624. The van der Waals surface area contributed by atoms with Crippen molar-refractivity contribution in [2.24, 2.45) is 0 Å². The summed E-state index contributed by atoms with van der Waals surface area (Å²) in [6.45, 7) is -1.58. The molecular formula is C21H18ClF2N9O3. The van der Waals surface area contributed by atoms with Gasteiger partial charge < -0.3 is 15.8 Å². The number of nitrogens with one attached hydrogen (secondary N) is 2. The summed E-state index contributed by atoms with van der Waals surface area (Å²) in [5, 5.41) is 20.4. The largest absolute Gasteiger partial charge is 0.618 e. The van der Waals surface area contributed by atoms with Gasteiger partial charge in [0.1, 0.15) is 24.4 Å². The zero-order valence-corrected chi connectivity index (χ0v) is 19.1. The van der Waals surface area contributed by atoms with E-state index in [0.29, 0.717) is 11.4 Å². The first-order valence-corrected chi connectivity index (χ1v) is 10.8. The molecule has 4 aromatic rings. The second-order valence-electron chi connectivity index (χ2n) is 7.38. The van der Waals surface area contributed by atoms with Gasteiger partial charge >= 0.3 is 5.92 Å². The van der Waals surface area contributed by atoms with Gasteiger partial charge in [0.15, 0.2) is 12.0 Å². The van der Waals surface area contributed by atoms with E-state index in [1.54, 1.807) is 18.3 Å². The Kier molecular flexibility index (Phi) is 7.15. The van der Waals surface area contributed by atoms with Gasteiger partial charge in [-0.15, -0.1) is 0 Å². The Hall–Kier alpha value is -4.46. The van der Waals surface area contributed by atoms with Crippen LogP contribution in [0.1, 0.15) is 11.4 Å². The monoisotopic (exact) mass is 517 g/mol. The number of hydrogen-bond acceptors (Lipinski definition) is 8. The standard InChI is InChI=1S/C21H18ClF2N9O3/c22-17-9-28-19(29-11-21(23,24)16-5-1-2-7-33(16)36)20(35)31(17)10-18(34)27-8-14-15(4-3-6-26-14)32-13-25-12-30-32/h1-7,9,12-13H,8,10-11H2,(H,27,34)(H,28,29). The maximum absolute atomic E-state index is 14.5. The molecule has 0 spiro atoms. The van der Waals surface area contributed by atoms with Crippen molar-refractivity contribution in [2.45, 2.75) is 19.0 Å². The molecule has 0 saturated heterocycles. The van der Waals surface area contributed by atoms with Gasteiger partial charge in [0.25, 0.3) is 11.3 Å². The molecule has 4 heterocycles. The molecule has 36 heavy (non-hydrogen) atoms. The Morgan fingerprint density at radius 2 is 2.06 bits per heavy atom. The summed E-state index contributed by atoms with van der Waals surface area (Å²) in [5.41, 5.74) is -0.603. The van der Waals surface area contributed by atoms with Gasteiger partial charge in [0, 0.05) is 18.3 Å². The van der Waals surface area contributed by atoms with E-state index in [1.165, 1.54) is 29.5 Å². The second kappa shape index (κ2) is 10.4. The van der Waals surface area contributed by atoms with E-state index in [0.717, 1.165) is 23.0 Å². The molecule has 0 aliphatic carbocycles. The van der Waals surface area contributed by atoms with Gasteiger partial charge in [0.05, 0.1) is 30.7 Å². The van der Waals surface area contributed by atoms with Crippen molar-refractivity contribution in [3.63, 3.8) is 0 Å². The minimum absolute atomic E-state index is 0.00984. The van der Waals surface area contributed by atoms with Crippen molar-refractivity contribution in [2.75, 3.05) is 11.9 Å². The predicted octanol–water partition coefficient (Wildman–Crippen LogP) is 1.03. The number of nitrogens with zero attached hydrogens (tertiary/aromatic N) is 7. The first-order chi connectivity index (χ1) is 17.3. The van der Waals surface area contributed by atoms with E-state index in [4.69, 9.17) is 11.6 Å². The fourth-order valence-corrected chi connectivity index (χ4v) is 3.41. The molecule has 0 radical (unpaired) electrons. The first kappa shape index (κ1) is 24.7. The molecule has 0 unspecified atom stereocenters. The number of hydrogen-bond donors (Lipinski definition) is 2. The molecule has 186 valence electrons. The topological polar surface area (TPSA) is 147 Å². The molecule has 0 aliphatic rings. The summed E-state index contributed by atoms with van der Waals surface area (Å²) in [5.74, 6) is -4.66. The lowest BCUT2D eigenvalue weighted by Crippen LogP contribution is -2.41.